The van der Waals surface area contributed by atoms with Gasteiger partial charge < -0.3 is 4.74 Å². The second kappa shape index (κ2) is 7.13. The Bertz CT molecular complexity index is 1000. The molecule has 2 aliphatic rings. The van der Waals surface area contributed by atoms with Crippen molar-refractivity contribution in [1.29, 1.82) is 0 Å². The van der Waals surface area contributed by atoms with Gasteiger partial charge in [0.1, 0.15) is 4.90 Å². The Morgan fingerprint density at radius 1 is 1.07 bits per heavy atom. The third-order valence-corrected chi connectivity index (χ3v) is 7.94. The van der Waals surface area contributed by atoms with E-state index >= 15 is 0 Å². The van der Waals surface area contributed by atoms with E-state index in [1.165, 1.54) is 5.57 Å². The van der Waals surface area contributed by atoms with E-state index in [9.17, 15) is 8.42 Å². The summed E-state index contributed by atoms with van der Waals surface area (Å²) in [6.45, 7) is 7.35. The van der Waals surface area contributed by atoms with Crippen molar-refractivity contribution in [2.75, 3.05) is 19.7 Å². The van der Waals surface area contributed by atoms with Gasteiger partial charge in [-0.2, -0.15) is 9.40 Å². The molecule has 1 spiro atoms. The first-order valence-electron chi connectivity index (χ1n) is 9.76. The minimum Gasteiger partial charge on any atom is -0.370 e. The van der Waals surface area contributed by atoms with E-state index in [2.05, 4.69) is 18.1 Å². The molecule has 28 heavy (non-hydrogen) atoms. The number of para-hydroxylation sites is 1. The van der Waals surface area contributed by atoms with E-state index < -0.39 is 10.0 Å². The van der Waals surface area contributed by atoms with Gasteiger partial charge in [-0.25, -0.2) is 13.1 Å². The highest BCUT2D eigenvalue weighted by Crippen LogP contribution is 2.35. The number of hydrogen-bond donors (Lipinski definition) is 0. The van der Waals surface area contributed by atoms with Gasteiger partial charge in [-0.05, 0) is 52.2 Å². The molecule has 0 atom stereocenters. The number of ether oxygens (including phenoxy) is 1. The summed E-state index contributed by atoms with van der Waals surface area (Å²) in [6.07, 6.45) is 4.54. The molecule has 1 aromatic carbocycles. The van der Waals surface area contributed by atoms with Gasteiger partial charge in [0, 0.05) is 13.1 Å². The van der Waals surface area contributed by atoms with Gasteiger partial charge in [0.2, 0.25) is 10.0 Å². The van der Waals surface area contributed by atoms with E-state index in [0.29, 0.717) is 42.2 Å². The monoisotopic (exact) mass is 401 g/mol. The molecule has 7 heteroatoms. The Morgan fingerprint density at radius 3 is 2.39 bits per heavy atom. The number of piperidine rings is 1. The third-order valence-electron chi connectivity index (χ3n) is 5.79. The molecule has 0 N–H and O–H groups in total. The van der Waals surface area contributed by atoms with Crippen LogP contribution in [-0.2, 0) is 14.8 Å². The average Bonchev–Trinajstić information content (AvgIpc) is 2.97. The number of hydrogen-bond acceptors (Lipinski definition) is 4. The Hall–Kier alpha value is -1.96. The number of sulfonamides is 1. The fourth-order valence-electron chi connectivity index (χ4n) is 4.32. The maximum atomic E-state index is 13.4. The second-order valence-electron chi connectivity index (χ2n) is 7.81. The first-order valence-corrected chi connectivity index (χ1v) is 11.2. The fourth-order valence-corrected chi connectivity index (χ4v) is 6.12. The normalized spacial score (nSPS) is 20.3. The molecule has 0 amide bonds. The topological polar surface area (TPSA) is 64.4 Å². The number of nitrogens with zero attached hydrogens (tertiary/aromatic N) is 3. The van der Waals surface area contributed by atoms with Crippen LogP contribution in [0, 0.1) is 13.8 Å². The van der Waals surface area contributed by atoms with Crippen LogP contribution < -0.4 is 0 Å². The zero-order valence-electron chi connectivity index (χ0n) is 16.7. The summed E-state index contributed by atoms with van der Waals surface area (Å²) in [7, 11) is -3.61. The van der Waals surface area contributed by atoms with E-state index in [1.54, 1.807) is 15.9 Å². The molecule has 3 heterocycles. The lowest BCUT2D eigenvalue weighted by atomic mass is 9.88. The molecule has 4 rings (SSSR count). The van der Waals surface area contributed by atoms with Crippen molar-refractivity contribution in [3.8, 4) is 5.69 Å². The first kappa shape index (κ1) is 19.4. The standard InChI is InChI=1S/C21H27N3O3S/c1-16-9-14-27-21(15-16)10-12-23(13-11-21)28(25,26)20-17(2)22-24(18(20)3)19-7-5-4-6-8-19/h4-8,15H,9-14H2,1-3H3. The minimum atomic E-state index is -3.61. The summed E-state index contributed by atoms with van der Waals surface area (Å²) in [6, 6.07) is 9.62. The SMILES string of the molecule is CC1=CC2(CCN(S(=O)(=O)c3c(C)nn(-c4ccccc4)c3C)CC2)OCC1. The second-order valence-corrected chi connectivity index (χ2v) is 9.68. The van der Waals surface area contributed by atoms with Crippen molar-refractivity contribution in [2.24, 2.45) is 0 Å². The highest BCUT2D eigenvalue weighted by Gasteiger charge is 2.40. The van der Waals surface area contributed by atoms with Crippen LogP contribution >= 0.6 is 0 Å². The summed E-state index contributed by atoms with van der Waals surface area (Å²) in [4.78, 5) is 0.323. The van der Waals surface area contributed by atoms with Crippen LogP contribution in [0.4, 0.5) is 0 Å². The summed E-state index contributed by atoms with van der Waals surface area (Å²) in [5, 5.41) is 4.51. The molecule has 0 unspecified atom stereocenters. The summed E-state index contributed by atoms with van der Waals surface area (Å²) >= 11 is 0. The fraction of sp³-hybridized carbons (Fsp3) is 0.476. The van der Waals surface area contributed by atoms with Crippen LogP contribution in [0.2, 0.25) is 0 Å². The maximum absolute atomic E-state index is 13.4. The highest BCUT2D eigenvalue weighted by atomic mass is 32.2. The Kier molecular flexibility index (Phi) is 4.93. The third kappa shape index (κ3) is 3.32. The first-order chi connectivity index (χ1) is 13.3. The van der Waals surface area contributed by atoms with Crippen molar-refractivity contribution >= 4 is 10.0 Å². The molecule has 150 valence electrons. The van der Waals surface area contributed by atoms with Crippen LogP contribution in [0.1, 0.15) is 37.6 Å². The molecule has 0 saturated carbocycles. The molecule has 0 aliphatic carbocycles. The zero-order valence-corrected chi connectivity index (χ0v) is 17.5. The molecule has 2 aliphatic heterocycles. The number of benzene rings is 1. The van der Waals surface area contributed by atoms with Gasteiger partial charge in [-0.3, -0.25) is 0 Å². The predicted octanol–water partition coefficient (Wildman–Crippen LogP) is 3.38. The van der Waals surface area contributed by atoms with Gasteiger partial charge in [-0.15, -0.1) is 0 Å². The van der Waals surface area contributed by atoms with Gasteiger partial charge in [0.15, 0.2) is 0 Å². The highest BCUT2D eigenvalue weighted by molar-refractivity contribution is 7.89. The van der Waals surface area contributed by atoms with Crippen LogP contribution in [0.3, 0.4) is 0 Å². The molecule has 0 bridgehead atoms. The Morgan fingerprint density at radius 2 is 1.75 bits per heavy atom. The largest absolute Gasteiger partial charge is 0.370 e. The van der Waals surface area contributed by atoms with Gasteiger partial charge in [0.05, 0.1) is 29.3 Å². The number of rotatable bonds is 3. The Labute approximate surface area is 166 Å². The van der Waals surface area contributed by atoms with Gasteiger partial charge in [-0.1, -0.05) is 29.8 Å². The minimum absolute atomic E-state index is 0.299. The van der Waals surface area contributed by atoms with Crippen LogP contribution in [0.5, 0.6) is 0 Å². The smallest absolute Gasteiger partial charge is 0.246 e. The van der Waals surface area contributed by atoms with Gasteiger partial charge >= 0.3 is 0 Å². The lowest BCUT2D eigenvalue weighted by Gasteiger charge is -2.41. The van der Waals surface area contributed by atoms with E-state index in [-0.39, 0.29) is 5.60 Å². The predicted molar refractivity (Wildman–Crippen MR) is 108 cm³/mol. The maximum Gasteiger partial charge on any atom is 0.246 e. The molecular formula is C21H27N3O3S. The van der Waals surface area contributed by atoms with Crippen molar-refractivity contribution < 1.29 is 13.2 Å². The Balaban J connectivity index is 1.62. The molecule has 0 radical (unpaired) electrons. The van der Waals surface area contributed by atoms with Gasteiger partial charge in [0.25, 0.3) is 0 Å². The summed E-state index contributed by atoms with van der Waals surface area (Å²) < 4.78 is 36.2. The molecule has 1 fully saturated rings. The molecule has 1 saturated heterocycles. The average molecular weight is 402 g/mol. The molecular weight excluding hydrogens is 374 g/mol. The lowest BCUT2D eigenvalue weighted by molar-refractivity contribution is -0.0462. The van der Waals surface area contributed by atoms with Crippen molar-refractivity contribution in [2.45, 2.75) is 50.5 Å². The van der Waals surface area contributed by atoms with E-state index in [1.807, 2.05) is 37.3 Å². The molecule has 2 aromatic rings. The zero-order chi connectivity index (χ0) is 19.9. The summed E-state index contributed by atoms with van der Waals surface area (Å²) in [5.41, 5.74) is 3.07. The van der Waals surface area contributed by atoms with E-state index in [4.69, 9.17) is 4.74 Å². The molecule has 6 nitrogen and oxygen atoms in total. The quantitative estimate of drug-likeness (QED) is 0.740. The molecule has 1 aromatic heterocycles. The summed E-state index contributed by atoms with van der Waals surface area (Å²) in [5.74, 6) is 0. The lowest BCUT2D eigenvalue weighted by Crippen LogP contribution is -2.48. The van der Waals surface area contributed by atoms with E-state index in [0.717, 1.165) is 18.7 Å². The van der Waals surface area contributed by atoms with Crippen LogP contribution in [0.15, 0.2) is 46.9 Å². The number of aryl methyl sites for hydroxylation is 1. The van der Waals surface area contributed by atoms with Crippen molar-refractivity contribution in [3.63, 3.8) is 0 Å². The van der Waals surface area contributed by atoms with Crippen LogP contribution in [0.25, 0.3) is 5.69 Å². The van der Waals surface area contributed by atoms with Crippen molar-refractivity contribution in [1.82, 2.24) is 14.1 Å². The number of aromatic nitrogens is 2. The van der Waals surface area contributed by atoms with Crippen molar-refractivity contribution in [3.05, 3.63) is 53.4 Å². The van der Waals surface area contributed by atoms with Crippen LogP contribution in [-0.4, -0.2) is 47.8 Å².